The van der Waals surface area contributed by atoms with E-state index in [-0.39, 0.29) is 23.0 Å². The van der Waals surface area contributed by atoms with Crippen LogP contribution in [0, 0.1) is 0 Å². The van der Waals surface area contributed by atoms with Crippen molar-refractivity contribution in [3.63, 3.8) is 0 Å². The molecular formula is C17H16O6. The molecule has 2 aromatic rings. The predicted molar refractivity (Wildman–Crippen MR) is 82.6 cm³/mol. The maximum Gasteiger partial charge on any atom is 0.160 e. The number of ether oxygens (including phenoxy) is 2. The van der Waals surface area contributed by atoms with Gasteiger partial charge in [-0.1, -0.05) is 0 Å². The number of benzene rings is 2. The number of aromatic hydroxyl groups is 2. The summed E-state index contributed by atoms with van der Waals surface area (Å²) in [5.41, 5.74) is 0.736. The standard InChI is InChI=1S/C17H16O6/c18-10-12-2-4-16(14(20)8-12)22-6-1-7-23-17-5-3-13(11-19)9-15(17)21/h2-5,8-11,20-21H,1,6-7H2. The maximum absolute atomic E-state index is 10.6. The first-order valence-corrected chi connectivity index (χ1v) is 6.96. The molecule has 0 heterocycles. The third-order valence-corrected chi connectivity index (χ3v) is 3.04. The van der Waals surface area contributed by atoms with Crippen LogP contribution in [-0.2, 0) is 0 Å². The van der Waals surface area contributed by atoms with Crippen molar-refractivity contribution in [3.8, 4) is 23.0 Å². The molecule has 0 radical (unpaired) electrons. The van der Waals surface area contributed by atoms with E-state index in [0.717, 1.165) is 0 Å². The van der Waals surface area contributed by atoms with Crippen molar-refractivity contribution in [3.05, 3.63) is 47.5 Å². The Morgan fingerprint density at radius 1 is 0.783 bits per heavy atom. The first-order chi connectivity index (χ1) is 11.1. The molecule has 2 aromatic carbocycles. The number of hydrogen-bond donors (Lipinski definition) is 2. The Labute approximate surface area is 132 Å². The molecule has 120 valence electrons. The first-order valence-electron chi connectivity index (χ1n) is 6.96. The lowest BCUT2D eigenvalue weighted by Gasteiger charge is -2.10. The monoisotopic (exact) mass is 316 g/mol. The van der Waals surface area contributed by atoms with E-state index in [2.05, 4.69) is 0 Å². The van der Waals surface area contributed by atoms with E-state index in [0.29, 0.717) is 43.3 Å². The Kier molecular flexibility index (Phi) is 5.57. The van der Waals surface area contributed by atoms with Crippen LogP contribution < -0.4 is 9.47 Å². The molecule has 0 aliphatic heterocycles. The molecule has 0 aliphatic rings. The number of hydrogen-bond acceptors (Lipinski definition) is 6. The topological polar surface area (TPSA) is 93.1 Å². The van der Waals surface area contributed by atoms with Crippen LogP contribution in [0.1, 0.15) is 27.1 Å². The van der Waals surface area contributed by atoms with Crippen molar-refractivity contribution in [1.82, 2.24) is 0 Å². The zero-order valence-corrected chi connectivity index (χ0v) is 12.3. The summed E-state index contributed by atoms with van der Waals surface area (Å²) >= 11 is 0. The van der Waals surface area contributed by atoms with Crippen LogP contribution in [0.3, 0.4) is 0 Å². The van der Waals surface area contributed by atoms with Crippen molar-refractivity contribution < 1.29 is 29.3 Å². The summed E-state index contributed by atoms with van der Waals surface area (Å²) < 4.78 is 10.8. The summed E-state index contributed by atoms with van der Waals surface area (Å²) in [5.74, 6) is 0.373. The molecule has 2 rings (SSSR count). The van der Waals surface area contributed by atoms with Crippen molar-refractivity contribution in [1.29, 1.82) is 0 Å². The second-order valence-electron chi connectivity index (χ2n) is 4.74. The Hall–Kier alpha value is -3.02. The number of phenols is 2. The van der Waals surface area contributed by atoms with Gasteiger partial charge < -0.3 is 19.7 Å². The molecule has 0 bridgehead atoms. The smallest absolute Gasteiger partial charge is 0.160 e. The number of aldehydes is 2. The van der Waals surface area contributed by atoms with Gasteiger partial charge in [-0.15, -0.1) is 0 Å². The average Bonchev–Trinajstić information content (AvgIpc) is 2.56. The van der Waals surface area contributed by atoms with Gasteiger partial charge in [-0.05, 0) is 36.4 Å². The summed E-state index contributed by atoms with van der Waals surface area (Å²) in [6.07, 6.45) is 1.79. The van der Waals surface area contributed by atoms with Crippen LogP contribution >= 0.6 is 0 Å². The molecule has 2 N–H and O–H groups in total. The third-order valence-electron chi connectivity index (χ3n) is 3.04. The molecule has 6 nitrogen and oxygen atoms in total. The van der Waals surface area contributed by atoms with E-state index in [9.17, 15) is 19.8 Å². The van der Waals surface area contributed by atoms with Crippen LogP contribution in [0.5, 0.6) is 23.0 Å². The van der Waals surface area contributed by atoms with Crippen LogP contribution in [0.25, 0.3) is 0 Å². The first kappa shape index (κ1) is 16.4. The van der Waals surface area contributed by atoms with E-state index in [1.165, 1.54) is 24.3 Å². The van der Waals surface area contributed by atoms with Crippen LogP contribution in [-0.4, -0.2) is 36.0 Å². The highest BCUT2D eigenvalue weighted by molar-refractivity contribution is 5.76. The van der Waals surface area contributed by atoms with Crippen LogP contribution in [0.2, 0.25) is 0 Å². The summed E-state index contributed by atoms with van der Waals surface area (Å²) in [4.78, 5) is 21.1. The number of carbonyl (C=O) groups is 2. The molecular weight excluding hydrogens is 300 g/mol. The lowest BCUT2D eigenvalue weighted by atomic mass is 10.2. The molecule has 0 spiro atoms. The fourth-order valence-electron chi connectivity index (χ4n) is 1.88. The van der Waals surface area contributed by atoms with Gasteiger partial charge in [0.25, 0.3) is 0 Å². The maximum atomic E-state index is 10.6. The van der Waals surface area contributed by atoms with Crippen molar-refractivity contribution in [2.45, 2.75) is 6.42 Å². The quantitative estimate of drug-likeness (QED) is 0.574. The van der Waals surface area contributed by atoms with Gasteiger partial charge in [0, 0.05) is 17.5 Å². The van der Waals surface area contributed by atoms with Gasteiger partial charge >= 0.3 is 0 Å². The van der Waals surface area contributed by atoms with Crippen molar-refractivity contribution in [2.24, 2.45) is 0 Å². The van der Waals surface area contributed by atoms with Gasteiger partial charge in [-0.3, -0.25) is 9.59 Å². The molecule has 0 saturated carbocycles. The van der Waals surface area contributed by atoms with E-state index in [1.54, 1.807) is 12.1 Å². The minimum absolute atomic E-state index is 0.0994. The van der Waals surface area contributed by atoms with Gasteiger partial charge in [0.15, 0.2) is 23.0 Å². The highest BCUT2D eigenvalue weighted by Crippen LogP contribution is 2.27. The second kappa shape index (κ2) is 7.84. The summed E-state index contributed by atoms with van der Waals surface area (Å²) in [6, 6.07) is 8.78. The number of phenolic OH excluding ortho intramolecular Hbond substituents is 2. The van der Waals surface area contributed by atoms with Gasteiger partial charge in [-0.25, -0.2) is 0 Å². The highest BCUT2D eigenvalue weighted by atomic mass is 16.5. The summed E-state index contributed by atoms with van der Waals surface area (Å²) in [6.45, 7) is 0.586. The van der Waals surface area contributed by atoms with Crippen molar-refractivity contribution in [2.75, 3.05) is 13.2 Å². The lowest BCUT2D eigenvalue weighted by Crippen LogP contribution is -2.05. The number of rotatable bonds is 8. The Morgan fingerprint density at radius 2 is 1.22 bits per heavy atom. The minimum Gasteiger partial charge on any atom is -0.504 e. The number of carbonyl (C=O) groups excluding carboxylic acids is 2. The largest absolute Gasteiger partial charge is 0.504 e. The lowest BCUT2D eigenvalue weighted by molar-refractivity contribution is 0.111. The Morgan fingerprint density at radius 3 is 1.57 bits per heavy atom. The summed E-state index contributed by atoms with van der Waals surface area (Å²) in [5, 5.41) is 19.3. The molecule has 0 amide bonds. The van der Waals surface area contributed by atoms with Gasteiger partial charge in [0.1, 0.15) is 12.6 Å². The van der Waals surface area contributed by atoms with Gasteiger partial charge in [0.2, 0.25) is 0 Å². The van der Waals surface area contributed by atoms with E-state index in [4.69, 9.17) is 9.47 Å². The highest BCUT2D eigenvalue weighted by Gasteiger charge is 2.05. The van der Waals surface area contributed by atoms with Gasteiger partial charge in [0.05, 0.1) is 13.2 Å². The van der Waals surface area contributed by atoms with Gasteiger partial charge in [-0.2, -0.15) is 0 Å². The summed E-state index contributed by atoms with van der Waals surface area (Å²) in [7, 11) is 0. The Balaban J connectivity index is 1.78. The van der Waals surface area contributed by atoms with E-state index < -0.39 is 0 Å². The van der Waals surface area contributed by atoms with Crippen molar-refractivity contribution >= 4 is 12.6 Å². The predicted octanol–water partition coefficient (Wildman–Crippen LogP) is 2.57. The fraction of sp³-hybridized carbons (Fsp3) is 0.176. The normalized spacial score (nSPS) is 10.1. The SMILES string of the molecule is O=Cc1ccc(OCCCOc2ccc(C=O)cc2O)c(O)c1. The van der Waals surface area contributed by atoms with Crippen LogP contribution in [0.4, 0.5) is 0 Å². The molecule has 0 atom stereocenters. The molecule has 23 heavy (non-hydrogen) atoms. The van der Waals surface area contributed by atoms with E-state index in [1.807, 2.05) is 0 Å². The Bertz CT molecular complexity index is 636. The zero-order chi connectivity index (χ0) is 16.7. The third kappa shape index (κ3) is 4.47. The average molecular weight is 316 g/mol. The van der Waals surface area contributed by atoms with E-state index >= 15 is 0 Å². The zero-order valence-electron chi connectivity index (χ0n) is 12.3. The molecule has 0 fully saturated rings. The minimum atomic E-state index is -0.0994. The molecule has 6 heteroatoms. The van der Waals surface area contributed by atoms with Crippen LogP contribution in [0.15, 0.2) is 36.4 Å². The second-order valence-corrected chi connectivity index (χ2v) is 4.74. The molecule has 0 aromatic heterocycles. The molecule has 0 unspecified atom stereocenters. The molecule has 0 saturated heterocycles. The fourth-order valence-corrected chi connectivity index (χ4v) is 1.88. The molecule has 0 aliphatic carbocycles.